The number of Topliss-reactive ketones (excluding diaryl/α,β-unsaturated/α-hetero) is 1. The Kier molecular flexibility index (Phi) is 2.15. The van der Waals surface area contributed by atoms with Gasteiger partial charge in [0.15, 0.2) is 0 Å². The Hall–Kier alpha value is -0.410. The summed E-state index contributed by atoms with van der Waals surface area (Å²) in [6, 6.07) is 0. The van der Waals surface area contributed by atoms with Gasteiger partial charge in [-0.3, -0.25) is 9.69 Å². The van der Waals surface area contributed by atoms with E-state index in [-0.39, 0.29) is 6.23 Å². The molecule has 0 aromatic rings. The zero-order valence-electron chi connectivity index (χ0n) is 7.45. The standard InChI is InChI=1S/C9H15NO2/c1-12-9-3-2-7-4-5-10(9)6-8(7)11/h7,9H,2-6H2,1H3/t7-,9+/m1/s1. The number of carbonyl (C=O) groups excluding carboxylic acids is 1. The zero-order chi connectivity index (χ0) is 8.55. The van der Waals surface area contributed by atoms with E-state index in [9.17, 15) is 4.79 Å². The van der Waals surface area contributed by atoms with E-state index in [1.54, 1.807) is 7.11 Å². The normalized spacial score (nSPS) is 41.4. The number of ether oxygens (including phenoxy) is 1. The highest BCUT2D eigenvalue weighted by Crippen LogP contribution is 2.27. The van der Waals surface area contributed by atoms with Crippen molar-refractivity contribution in [2.75, 3.05) is 20.2 Å². The van der Waals surface area contributed by atoms with Crippen LogP contribution in [0.5, 0.6) is 0 Å². The van der Waals surface area contributed by atoms with Crippen LogP contribution in [-0.4, -0.2) is 37.1 Å². The lowest BCUT2D eigenvalue weighted by molar-refractivity contribution is -0.128. The second kappa shape index (κ2) is 3.15. The van der Waals surface area contributed by atoms with E-state index in [1.165, 1.54) is 0 Å². The highest BCUT2D eigenvalue weighted by molar-refractivity contribution is 5.83. The van der Waals surface area contributed by atoms with Crippen LogP contribution in [0, 0.1) is 5.92 Å². The zero-order valence-corrected chi connectivity index (χ0v) is 7.45. The molecule has 1 unspecified atom stereocenters. The molecule has 0 spiro atoms. The van der Waals surface area contributed by atoms with Crippen LogP contribution in [0.1, 0.15) is 19.3 Å². The fourth-order valence-electron chi connectivity index (χ4n) is 2.24. The molecule has 0 radical (unpaired) electrons. The molecule has 12 heavy (non-hydrogen) atoms. The Morgan fingerprint density at radius 3 is 2.92 bits per heavy atom. The molecule has 68 valence electrons. The minimum Gasteiger partial charge on any atom is -0.366 e. The van der Waals surface area contributed by atoms with E-state index in [1.807, 2.05) is 0 Å². The molecule has 3 heteroatoms. The van der Waals surface area contributed by atoms with Gasteiger partial charge in [-0.05, 0) is 19.3 Å². The molecule has 3 heterocycles. The molecule has 0 aromatic carbocycles. The fourth-order valence-corrected chi connectivity index (χ4v) is 2.24. The van der Waals surface area contributed by atoms with Crippen LogP contribution in [0.2, 0.25) is 0 Å². The third kappa shape index (κ3) is 1.27. The molecule has 2 bridgehead atoms. The second-order valence-corrected chi connectivity index (χ2v) is 3.69. The number of hydrogen-bond donors (Lipinski definition) is 0. The third-order valence-corrected chi connectivity index (χ3v) is 3.02. The van der Waals surface area contributed by atoms with Crippen LogP contribution in [-0.2, 0) is 9.53 Å². The maximum absolute atomic E-state index is 11.4. The number of rotatable bonds is 1. The number of carbonyl (C=O) groups is 1. The van der Waals surface area contributed by atoms with Crippen LogP contribution in [0.4, 0.5) is 0 Å². The molecule has 0 N–H and O–H groups in total. The first-order chi connectivity index (χ1) is 5.81. The SMILES string of the molecule is CO[C@H]1CC[C@@H]2CCN1CC2=O. The minimum atomic E-state index is 0.196. The summed E-state index contributed by atoms with van der Waals surface area (Å²) in [6.45, 7) is 1.65. The molecule has 0 aliphatic carbocycles. The lowest BCUT2D eigenvalue weighted by atomic mass is 9.94. The van der Waals surface area contributed by atoms with Gasteiger partial charge in [0, 0.05) is 19.6 Å². The summed E-state index contributed by atoms with van der Waals surface area (Å²) in [5.74, 6) is 0.752. The number of piperidine rings is 1. The second-order valence-electron chi connectivity index (χ2n) is 3.69. The molecular formula is C9H15NO2. The number of fused-ring (bicyclic) bond motifs is 4. The van der Waals surface area contributed by atoms with Crippen molar-refractivity contribution in [2.45, 2.75) is 25.5 Å². The van der Waals surface area contributed by atoms with E-state index < -0.39 is 0 Å². The van der Waals surface area contributed by atoms with E-state index in [4.69, 9.17) is 4.74 Å². The molecule has 3 saturated heterocycles. The van der Waals surface area contributed by atoms with Gasteiger partial charge in [0.25, 0.3) is 0 Å². The lowest BCUT2D eigenvalue weighted by Gasteiger charge is -2.30. The van der Waals surface area contributed by atoms with Crippen LogP contribution in [0.15, 0.2) is 0 Å². The van der Waals surface area contributed by atoms with Gasteiger partial charge in [-0.15, -0.1) is 0 Å². The Labute approximate surface area is 72.7 Å². The quantitative estimate of drug-likeness (QED) is 0.577. The lowest BCUT2D eigenvalue weighted by Crippen LogP contribution is -2.43. The topological polar surface area (TPSA) is 29.5 Å². The predicted octanol–water partition coefficient (Wildman–Crippen LogP) is 0.644. The van der Waals surface area contributed by atoms with Gasteiger partial charge in [0.05, 0.1) is 6.54 Å². The first-order valence-electron chi connectivity index (χ1n) is 4.61. The molecule has 3 rings (SSSR count). The maximum atomic E-state index is 11.4. The van der Waals surface area contributed by atoms with Gasteiger partial charge in [-0.25, -0.2) is 0 Å². The smallest absolute Gasteiger partial charge is 0.150 e. The average molecular weight is 169 g/mol. The average Bonchev–Trinajstić information content (AvgIpc) is 2.34. The van der Waals surface area contributed by atoms with Crippen molar-refractivity contribution in [3.63, 3.8) is 0 Å². The van der Waals surface area contributed by atoms with E-state index in [0.717, 1.165) is 25.8 Å². The number of nitrogens with zero attached hydrogens (tertiary/aromatic N) is 1. The first kappa shape index (κ1) is 8.20. The van der Waals surface area contributed by atoms with E-state index in [2.05, 4.69) is 4.90 Å². The summed E-state index contributed by atoms with van der Waals surface area (Å²) in [4.78, 5) is 13.6. The summed E-state index contributed by atoms with van der Waals surface area (Å²) in [5, 5.41) is 0. The fraction of sp³-hybridized carbons (Fsp3) is 0.889. The van der Waals surface area contributed by atoms with Crippen molar-refractivity contribution in [2.24, 2.45) is 5.92 Å². The molecule has 3 aliphatic heterocycles. The van der Waals surface area contributed by atoms with Crippen molar-refractivity contribution in [1.29, 1.82) is 0 Å². The van der Waals surface area contributed by atoms with Crippen LogP contribution < -0.4 is 0 Å². The maximum Gasteiger partial charge on any atom is 0.150 e. The van der Waals surface area contributed by atoms with Crippen LogP contribution in [0.3, 0.4) is 0 Å². The number of methoxy groups -OCH3 is 1. The molecule has 3 nitrogen and oxygen atoms in total. The number of hydrogen-bond acceptors (Lipinski definition) is 3. The van der Waals surface area contributed by atoms with E-state index >= 15 is 0 Å². The largest absolute Gasteiger partial charge is 0.366 e. The summed E-state index contributed by atoms with van der Waals surface area (Å²) < 4.78 is 5.32. The first-order valence-corrected chi connectivity index (χ1v) is 4.61. The molecule has 3 atom stereocenters. The summed E-state index contributed by atoms with van der Waals surface area (Å²) in [6.07, 6.45) is 3.28. The highest BCUT2D eigenvalue weighted by atomic mass is 16.5. The van der Waals surface area contributed by atoms with Gasteiger partial charge in [0.1, 0.15) is 12.0 Å². The van der Waals surface area contributed by atoms with E-state index in [0.29, 0.717) is 18.2 Å². The molecule has 3 fully saturated rings. The Bertz CT molecular complexity index is 193. The summed E-state index contributed by atoms with van der Waals surface area (Å²) in [7, 11) is 1.73. The van der Waals surface area contributed by atoms with Gasteiger partial charge < -0.3 is 4.74 Å². The Balaban J connectivity index is 2.13. The molecule has 0 amide bonds. The van der Waals surface area contributed by atoms with Gasteiger partial charge in [-0.1, -0.05) is 0 Å². The van der Waals surface area contributed by atoms with Crippen molar-refractivity contribution < 1.29 is 9.53 Å². The Morgan fingerprint density at radius 2 is 2.25 bits per heavy atom. The Morgan fingerprint density at radius 1 is 1.42 bits per heavy atom. The van der Waals surface area contributed by atoms with Gasteiger partial charge in [0.2, 0.25) is 0 Å². The summed E-state index contributed by atoms with van der Waals surface area (Å²) >= 11 is 0. The summed E-state index contributed by atoms with van der Waals surface area (Å²) in [5.41, 5.74) is 0. The monoisotopic (exact) mass is 169 g/mol. The van der Waals surface area contributed by atoms with Gasteiger partial charge in [-0.2, -0.15) is 0 Å². The van der Waals surface area contributed by atoms with Crippen molar-refractivity contribution in [3.05, 3.63) is 0 Å². The van der Waals surface area contributed by atoms with Crippen molar-refractivity contribution >= 4 is 5.78 Å². The molecule has 0 saturated carbocycles. The molecular weight excluding hydrogens is 154 g/mol. The predicted molar refractivity (Wildman–Crippen MR) is 44.7 cm³/mol. The number of ketones is 1. The third-order valence-electron chi connectivity index (χ3n) is 3.02. The van der Waals surface area contributed by atoms with Crippen molar-refractivity contribution in [1.82, 2.24) is 4.90 Å². The molecule has 3 aliphatic rings. The van der Waals surface area contributed by atoms with Crippen LogP contribution >= 0.6 is 0 Å². The van der Waals surface area contributed by atoms with Crippen LogP contribution in [0.25, 0.3) is 0 Å². The highest BCUT2D eigenvalue weighted by Gasteiger charge is 2.35. The minimum absolute atomic E-state index is 0.196. The molecule has 0 aromatic heterocycles. The van der Waals surface area contributed by atoms with Crippen molar-refractivity contribution in [3.8, 4) is 0 Å². The van der Waals surface area contributed by atoms with Gasteiger partial charge >= 0.3 is 0 Å².